The number of hydrogen-bond donors (Lipinski definition) is 1. The quantitative estimate of drug-likeness (QED) is 0.846. The summed E-state index contributed by atoms with van der Waals surface area (Å²) in [6, 6.07) is 9.87. The molecule has 1 N–H and O–H groups in total. The summed E-state index contributed by atoms with van der Waals surface area (Å²) in [7, 11) is 0. The zero-order valence-corrected chi connectivity index (χ0v) is 11.4. The normalized spacial score (nSPS) is 20.4. The van der Waals surface area contributed by atoms with Crippen LogP contribution in [0.3, 0.4) is 0 Å². The van der Waals surface area contributed by atoms with Gasteiger partial charge in [-0.25, -0.2) is 0 Å². The van der Waals surface area contributed by atoms with Crippen molar-refractivity contribution in [3.8, 4) is 0 Å². The van der Waals surface area contributed by atoms with E-state index in [0.717, 1.165) is 30.5 Å². The van der Waals surface area contributed by atoms with Gasteiger partial charge in [-0.15, -0.1) is 0 Å². The zero-order chi connectivity index (χ0) is 13.7. The van der Waals surface area contributed by atoms with Gasteiger partial charge in [0.1, 0.15) is 0 Å². The molecule has 1 aromatic rings. The number of hydrogen-bond acceptors (Lipinski definition) is 2. The minimum absolute atomic E-state index is 0.0852. The predicted octanol–water partition coefficient (Wildman–Crippen LogP) is 2.32. The number of piperidine rings is 1. The molecule has 1 aliphatic rings. The second-order valence-corrected chi connectivity index (χ2v) is 5.18. The minimum Gasteiger partial charge on any atom is -0.396 e. The first kappa shape index (κ1) is 13.8. The van der Waals surface area contributed by atoms with Crippen LogP contribution in [0.15, 0.2) is 35.9 Å². The molecule has 2 rings (SSSR count). The molecule has 1 saturated heterocycles. The molecular formula is C16H21NO2. The Hall–Kier alpha value is -1.61. The van der Waals surface area contributed by atoms with Gasteiger partial charge in [-0.05, 0) is 37.3 Å². The monoisotopic (exact) mass is 259 g/mol. The maximum absolute atomic E-state index is 12.3. The fraction of sp³-hybridized carbons (Fsp3) is 0.438. The van der Waals surface area contributed by atoms with Crippen molar-refractivity contribution in [3.05, 3.63) is 41.5 Å². The molecule has 1 aliphatic heterocycles. The molecule has 1 fully saturated rings. The van der Waals surface area contributed by atoms with Gasteiger partial charge in [0.25, 0.3) is 0 Å². The number of rotatable bonds is 3. The highest BCUT2D eigenvalue weighted by molar-refractivity contribution is 5.97. The third-order valence-corrected chi connectivity index (χ3v) is 3.58. The Morgan fingerprint density at radius 3 is 2.84 bits per heavy atom. The van der Waals surface area contributed by atoms with E-state index in [4.69, 9.17) is 0 Å². The van der Waals surface area contributed by atoms with Crippen molar-refractivity contribution in [1.29, 1.82) is 0 Å². The summed E-state index contributed by atoms with van der Waals surface area (Å²) in [5.41, 5.74) is 1.80. The van der Waals surface area contributed by atoms with Crippen molar-refractivity contribution in [1.82, 2.24) is 4.90 Å². The number of carbonyl (C=O) groups is 1. The minimum atomic E-state index is 0.0852. The Labute approximate surface area is 114 Å². The third-order valence-electron chi connectivity index (χ3n) is 3.58. The van der Waals surface area contributed by atoms with Crippen LogP contribution in [0.5, 0.6) is 0 Å². The molecule has 1 aromatic carbocycles. The van der Waals surface area contributed by atoms with Crippen molar-refractivity contribution < 1.29 is 9.90 Å². The Morgan fingerprint density at radius 2 is 2.16 bits per heavy atom. The van der Waals surface area contributed by atoms with E-state index in [1.165, 1.54) is 0 Å². The molecule has 1 unspecified atom stereocenters. The first-order chi connectivity index (χ1) is 9.20. The van der Waals surface area contributed by atoms with Crippen LogP contribution in [0.25, 0.3) is 6.08 Å². The molecule has 3 heteroatoms. The lowest BCUT2D eigenvalue weighted by Crippen LogP contribution is -2.41. The van der Waals surface area contributed by atoms with E-state index in [1.54, 1.807) is 0 Å². The lowest BCUT2D eigenvalue weighted by Gasteiger charge is -2.32. The van der Waals surface area contributed by atoms with Crippen LogP contribution in [0.4, 0.5) is 0 Å². The average Bonchev–Trinajstić information content (AvgIpc) is 2.47. The maximum atomic E-state index is 12.3. The van der Waals surface area contributed by atoms with Crippen LogP contribution in [0, 0.1) is 5.92 Å². The molecule has 0 bridgehead atoms. The first-order valence-electron chi connectivity index (χ1n) is 6.84. The highest BCUT2D eigenvalue weighted by Gasteiger charge is 2.23. The van der Waals surface area contributed by atoms with E-state index in [2.05, 4.69) is 0 Å². The summed E-state index contributed by atoms with van der Waals surface area (Å²) < 4.78 is 0. The summed E-state index contributed by atoms with van der Waals surface area (Å²) in [4.78, 5) is 14.2. The van der Waals surface area contributed by atoms with Crippen molar-refractivity contribution in [3.63, 3.8) is 0 Å². The van der Waals surface area contributed by atoms with Gasteiger partial charge in [-0.3, -0.25) is 4.79 Å². The van der Waals surface area contributed by atoms with E-state index in [0.29, 0.717) is 6.54 Å². The molecule has 0 spiro atoms. The molecule has 0 aliphatic carbocycles. The maximum Gasteiger partial charge on any atom is 0.249 e. The van der Waals surface area contributed by atoms with Gasteiger partial charge in [0.2, 0.25) is 5.91 Å². The number of likely N-dealkylation sites (tertiary alicyclic amines) is 1. The Bertz CT molecular complexity index is 453. The zero-order valence-electron chi connectivity index (χ0n) is 11.4. The van der Waals surface area contributed by atoms with Gasteiger partial charge < -0.3 is 10.0 Å². The smallest absolute Gasteiger partial charge is 0.249 e. The number of nitrogens with zero attached hydrogens (tertiary/aromatic N) is 1. The number of carbonyl (C=O) groups excluding carboxylic acids is 1. The van der Waals surface area contributed by atoms with Crippen LogP contribution >= 0.6 is 0 Å². The average molecular weight is 259 g/mol. The molecule has 0 radical (unpaired) electrons. The standard InChI is InChI=1S/C16H21NO2/c1-13(10-14-6-3-2-4-7-14)16(19)17-9-5-8-15(11-17)12-18/h2-4,6-7,10,15,18H,5,8-9,11-12H2,1H3/b13-10+. The van der Waals surface area contributed by atoms with Gasteiger partial charge in [-0.1, -0.05) is 30.3 Å². The summed E-state index contributed by atoms with van der Waals surface area (Å²) in [6.07, 6.45) is 3.92. The van der Waals surface area contributed by atoms with E-state index < -0.39 is 0 Å². The molecular weight excluding hydrogens is 238 g/mol. The van der Waals surface area contributed by atoms with Crippen molar-refractivity contribution in [2.75, 3.05) is 19.7 Å². The molecule has 1 heterocycles. The van der Waals surface area contributed by atoms with E-state index in [1.807, 2.05) is 48.2 Å². The lowest BCUT2D eigenvalue weighted by atomic mass is 9.98. The first-order valence-corrected chi connectivity index (χ1v) is 6.84. The van der Waals surface area contributed by atoms with E-state index >= 15 is 0 Å². The Balaban J connectivity index is 2.04. The van der Waals surface area contributed by atoms with Crippen LogP contribution in [0.1, 0.15) is 25.3 Å². The highest BCUT2D eigenvalue weighted by Crippen LogP contribution is 2.18. The summed E-state index contributed by atoms with van der Waals surface area (Å²) in [6.45, 7) is 3.51. The van der Waals surface area contributed by atoms with E-state index in [9.17, 15) is 9.90 Å². The summed E-state index contributed by atoms with van der Waals surface area (Å²) >= 11 is 0. The third kappa shape index (κ3) is 3.67. The van der Waals surface area contributed by atoms with Gasteiger partial charge in [0.15, 0.2) is 0 Å². The lowest BCUT2D eigenvalue weighted by molar-refractivity contribution is -0.129. The number of benzene rings is 1. The highest BCUT2D eigenvalue weighted by atomic mass is 16.3. The summed E-state index contributed by atoms with van der Waals surface area (Å²) in [5, 5.41) is 9.21. The second-order valence-electron chi connectivity index (χ2n) is 5.18. The SMILES string of the molecule is C/C(=C\c1ccccc1)C(=O)N1CCCC(CO)C1. The topological polar surface area (TPSA) is 40.5 Å². The molecule has 102 valence electrons. The van der Waals surface area contributed by atoms with Crippen molar-refractivity contribution in [2.24, 2.45) is 5.92 Å². The number of aliphatic hydroxyl groups is 1. The fourth-order valence-electron chi connectivity index (χ4n) is 2.51. The summed E-state index contributed by atoms with van der Waals surface area (Å²) in [5.74, 6) is 0.323. The Kier molecular flexibility index (Phi) is 4.74. The molecule has 3 nitrogen and oxygen atoms in total. The Morgan fingerprint density at radius 1 is 1.42 bits per heavy atom. The molecule has 0 saturated carbocycles. The predicted molar refractivity (Wildman–Crippen MR) is 76.5 cm³/mol. The van der Waals surface area contributed by atoms with Crippen LogP contribution in [-0.4, -0.2) is 35.6 Å². The van der Waals surface area contributed by atoms with Crippen molar-refractivity contribution >= 4 is 12.0 Å². The largest absolute Gasteiger partial charge is 0.396 e. The number of amides is 1. The number of aliphatic hydroxyl groups excluding tert-OH is 1. The molecule has 0 aromatic heterocycles. The van der Waals surface area contributed by atoms with Crippen LogP contribution in [-0.2, 0) is 4.79 Å². The van der Waals surface area contributed by atoms with Crippen LogP contribution < -0.4 is 0 Å². The van der Waals surface area contributed by atoms with Gasteiger partial charge in [-0.2, -0.15) is 0 Å². The second kappa shape index (κ2) is 6.53. The van der Waals surface area contributed by atoms with Crippen molar-refractivity contribution in [2.45, 2.75) is 19.8 Å². The molecule has 1 amide bonds. The van der Waals surface area contributed by atoms with Crippen LogP contribution in [0.2, 0.25) is 0 Å². The van der Waals surface area contributed by atoms with Gasteiger partial charge >= 0.3 is 0 Å². The van der Waals surface area contributed by atoms with Gasteiger partial charge in [0.05, 0.1) is 0 Å². The fourth-order valence-corrected chi connectivity index (χ4v) is 2.51. The van der Waals surface area contributed by atoms with Gasteiger partial charge in [0, 0.05) is 25.3 Å². The van der Waals surface area contributed by atoms with E-state index in [-0.39, 0.29) is 18.4 Å². The molecule has 1 atom stereocenters. The molecule has 19 heavy (non-hydrogen) atoms.